The molecule has 1 aliphatic heterocycles. The summed E-state index contributed by atoms with van der Waals surface area (Å²) < 4.78 is 42.7. The average molecular weight is 400 g/mol. The summed E-state index contributed by atoms with van der Waals surface area (Å²) in [6, 6.07) is 6.53. The van der Waals surface area contributed by atoms with E-state index in [9.17, 15) is 12.8 Å². The minimum absolute atomic E-state index is 0.266. The van der Waals surface area contributed by atoms with Crippen molar-refractivity contribution in [2.24, 2.45) is 4.99 Å². The first-order valence-corrected chi connectivity index (χ1v) is 11.0. The highest BCUT2D eigenvalue weighted by molar-refractivity contribution is 7.92. The van der Waals surface area contributed by atoms with Gasteiger partial charge in [-0.2, -0.15) is 0 Å². The maximum Gasteiger partial charge on any atom is 0.191 e. The van der Waals surface area contributed by atoms with E-state index in [0.717, 1.165) is 5.56 Å². The fraction of sp³-hybridized carbons (Fsp3) is 0.632. The summed E-state index contributed by atoms with van der Waals surface area (Å²) in [7, 11) is -1.61. The van der Waals surface area contributed by atoms with E-state index >= 15 is 0 Å². The van der Waals surface area contributed by atoms with Crippen LogP contribution < -0.4 is 10.6 Å². The first kappa shape index (κ1) is 21.6. The summed E-state index contributed by atoms with van der Waals surface area (Å²) in [5.41, 5.74) is 0.551. The van der Waals surface area contributed by atoms with E-state index in [1.807, 2.05) is 19.9 Å². The second kappa shape index (κ2) is 8.56. The van der Waals surface area contributed by atoms with E-state index in [2.05, 4.69) is 15.6 Å². The fourth-order valence-electron chi connectivity index (χ4n) is 3.20. The largest absolute Gasteiger partial charge is 0.381 e. The van der Waals surface area contributed by atoms with Gasteiger partial charge in [-0.25, -0.2) is 12.8 Å². The van der Waals surface area contributed by atoms with Crippen molar-refractivity contribution in [3.63, 3.8) is 0 Å². The fourth-order valence-corrected chi connectivity index (χ4v) is 4.45. The molecule has 27 heavy (non-hydrogen) atoms. The van der Waals surface area contributed by atoms with Crippen molar-refractivity contribution in [3.05, 3.63) is 35.6 Å². The zero-order valence-corrected chi connectivity index (χ0v) is 17.3. The van der Waals surface area contributed by atoms with E-state index in [4.69, 9.17) is 4.74 Å². The number of ether oxygens (including phenoxy) is 1. The maximum atomic E-state index is 13.5. The summed E-state index contributed by atoms with van der Waals surface area (Å²) in [6.07, 6.45) is 2.21. The first-order chi connectivity index (χ1) is 12.6. The second-order valence-corrected chi connectivity index (χ2v) is 10.2. The lowest BCUT2D eigenvalue weighted by Crippen LogP contribution is -2.54. The highest BCUT2D eigenvalue weighted by Gasteiger charge is 2.42. The van der Waals surface area contributed by atoms with E-state index in [1.54, 1.807) is 13.1 Å². The molecule has 1 aromatic carbocycles. The quantitative estimate of drug-likeness (QED) is 0.564. The van der Waals surface area contributed by atoms with Crippen molar-refractivity contribution in [2.45, 2.75) is 36.9 Å². The van der Waals surface area contributed by atoms with Crippen LogP contribution >= 0.6 is 0 Å². The normalized spacial score (nSPS) is 18.2. The molecule has 1 fully saturated rings. The van der Waals surface area contributed by atoms with Gasteiger partial charge in [0.1, 0.15) is 5.82 Å². The van der Waals surface area contributed by atoms with Crippen molar-refractivity contribution in [1.82, 2.24) is 10.6 Å². The van der Waals surface area contributed by atoms with Crippen LogP contribution in [-0.2, 0) is 20.0 Å². The number of halogens is 1. The molecule has 0 unspecified atom stereocenters. The van der Waals surface area contributed by atoms with Gasteiger partial charge >= 0.3 is 0 Å². The summed E-state index contributed by atoms with van der Waals surface area (Å²) in [6.45, 7) is 5.69. The molecule has 0 aromatic heterocycles. The van der Waals surface area contributed by atoms with Crippen molar-refractivity contribution in [3.8, 4) is 0 Å². The Hall–Kier alpha value is -1.67. The zero-order chi connectivity index (χ0) is 20.1. The number of aliphatic imine (C=N–C) groups is 1. The van der Waals surface area contributed by atoms with Crippen molar-refractivity contribution in [2.75, 3.05) is 39.6 Å². The topological polar surface area (TPSA) is 79.8 Å². The lowest BCUT2D eigenvalue weighted by atomic mass is 9.84. The van der Waals surface area contributed by atoms with Crippen LogP contribution in [0.3, 0.4) is 0 Å². The number of hydrogen-bond donors (Lipinski definition) is 2. The molecule has 2 N–H and O–H groups in total. The number of rotatable bonds is 6. The number of benzene rings is 1. The van der Waals surface area contributed by atoms with Gasteiger partial charge in [0.25, 0.3) is 0 Å². The molecule has 8 heteroatoms. The van der Waals surface area contributed by atoms with Gasteiger partial charge in [-0.05, 0) is 30.5 Å². The van der Waals surface area contributed by atoms with Crippen molar-refractivity contribution < 1.29 is 17.5 Å². The first-order valence-electron chi connectivity index (χ1n) is 9.08. The Morgan fingerprint density at radius 3 is 2.52 bits per heavy atom. The summed E-state index contributed by atoms with van der Waals surface area (Å²) in [5, 5.41) is 6.38. The molecule has 0 saturated carbocycles. The molecule has 0 radical (unpaired) electrons. The molecule has 0 bridgehead atoms. The molecule has 1 aromatic rings. The molecule has 1 heterocycles. The van der Waals surface area contributed by atoms with E-state index in [1.165, 1.54) is 18.4 Å². The van der Waals surface area contributed by atoms with Crippen LogP contribution in [0.25, 0.3) is 0 Å². The van der Waals surface area contributed by atoms with Gasteiger partial charge in [0, 0.05) is 45.0 Å². The predicted molar refractivity (Wildman–Crippen MR) is 106 cm³/mol. The molecule has 0 amide bonds. The smallest absolute Gasteiger partial charge is 0.191 e. The molecule has 0 aliphatic carbocycles. The highest BCUT2D eigenvalue weighted by atomic mass is 32.2. The molecule has 1 saturated heterocycles. The van der Waals surface area contributed by atoms with Gasteiger partial charge < -0.3 is 15.4 Å². The summed E-state index contributed by atoms with van der Waals surface area (Å²) in [5.74, 6) is 0.256. The van der Waals surface area contributed by atoms with Crippen LogP contribution in [0.2, 0.25) is 0 Å². The molecular formula is C19H30FN3O3S. The lowest BCUT2D eigenvalue weighted by molar-refractivity contribution is 0.0756. The van der Waals surface area contributed by atoms with E-state index in [-0.39, 0.29) is 17.8 Å². The number of guanidine groups is 1. The Morgan fingerprint density at radius 1 is 1.30 bits per heavy atom. The van der Waals surface area contributed by atoms with Gasteiger partial charge in [-0.15, -0.1) is 0 Å². The van der Waals surface area contributed by atoms with Crippen LogP contribution in [0.15, 0.2) is 29.3 Å². The van der Waals surface area contributed by atoms with Crippen LogP contribution in [0, 0.1) is 5.82 Å². The minimum Gasteiger partial charge on any atom is -0.381 e. The molecule has 2 rings (SSSR count). The lowest BCUT2D eigenvalue weighted by Gasteiger charge is -2.36. The Bertz CT molecular complexity index is 772. The Balaban J connectivity index is 2.01. The molecular weight excluding hydrogens is 369 g/mol. The number of hydrogen-bond acceptors (Lipinski definition) is 4. The maximum absolute atomic E-state index is 13.5. The third-order valence-electron chi connectivity index (χ3n) is 5.30. The average Bonchev–Trinajstić information content (AvgIpc) is 2.61. The predicted octanol–water partition coefficient (Wildman–Crippen LogP) is 1.86. The number of nitrogens with zero attached hydrogens (tertiary/aromatic N) is 1. The van der Waals surface area contributed by atoms with Crippen LogP contribution in [0.1, 0.15) is 32.3 Å². The SMILES string of the molecule is CN=C(NCC(C)(C)c1cccc(F)c1)NCC1(S(C)(=O)=O)CCOCC1. The Labute approximate surface area is 161 Å². The Morgan fingerprint density at radius 2 is 1.96 bits per heavy atom. The van der Waals surface area contributed by atoms with Crippen molar-refractivity contribution >= 4 is 15.8 Å². The van der Waals surface area contributed by atoms with Gasteiger partial charge in [-0.3, -0.25) is 4.99 Å². The number of nitrogens with one attached hydrogen (secondary N) is 2. The molecule has 0 atom stereocenters. The second-order valence-electron chi connectivity index (χ2n) is 7.74. The van der Waals surface area contributed by atoms with Crippen LogP contribution in [-0.4, -0.2) is 58.7 Å². The van der Waals surface area contributed by atoms with Crippen LogP contribution in [0.4, 0.5) is 4.39 Å². The third kappa shape index (κ3) is 5.42. The highest BCUT2D eigenvalue weighted by Crippen LogP contribution is 2.28. The van der Waals surface area contributed by atoms with Gasteiger partial charge in [-0.1, -0.05) is 26.0 Å². The molecule has 152 valence electrons. The molecule has 0 spiro atoms. The summed E-state index contributed by atoms with van der Waals surface area (Å²) >= 11 is 0. The van der Waals surface area contributed by atoms with Crippen molar-refractivity contribution in [1.29, 1.82) is 0 Å². The van der Waals surface area contributed by atoms with E-state index in [0.29, 0.717) is 38.6 Å². The molecule has 1 aliphatic rings. The standard InChI is InChI=1S/C19H30FN3O3S/c1-18(2,15-6-5-7-16(20)12-15)13-22-17(21-3)23-14-19(27(4,24)25)8-10-26-11-9-19/h5-7,12H,8-11,13-14H2,1-4H3,(H2,21,22,23). The third-order valence-corrected chi connectivity index (χ3v) is 7.42. The molecule has 6 nitrogen and oxygen atoms in total. The van der Waals surface area contributed by atoms with Crippen LogP contribution in [0.5, 0.6) is 0 Å². The van der Waals surface area contributed by atoms with Gasteiger partial charge in [0.05, 0.1) is 4.75 Å². The van der Waals surface area contributed by atoms with E-state index < -0.39 is 14.6 Å². The zero-order valence-electron chi connectivity index (χ0n) is 16.5. The minimum atomic E-state index is -3.25. The number of sulfone groups is 1. The monoisotopic (exact) mass is 399 g/mol. The van der Waals surface area contributed by atoms with Gasteiger partial charge in [0.2, 0.25) is 0 Å². The Kier molecular flexibility index (Phi) is 6.86. The van der Waals surface area contributed by atoms with Gasteiger partial charge in [0.15, 0.2) is 15.8 Å². The summed E-state index contributed by atoms with van der Waals surface area (Å²) in [4.78, 5) is 4.19.